The Morgan fingerprint density at radius 2 is 1.69 bits per heavy atom. The Labute approximate surface area is 169 Å². The van der Waals surface area contributed by atoms with E-state index in [-0.39, 0.29) is 6.42 Å². The van der Waals surface area contributed by atoms with Crippen LogP contribution in [0.5, 0.6) is 17.2 Å². The first-order valence-electron chi connectivity index (χ1n) is 9.21. The number of methoxy groups -OCH3 is 1. The van der Waals surface area contributed by atoms with E-state index in [0.29, 0.717) is 36.1 Å². The molecule has 2 aromatic carbocycles. The van der Waals surface area contributed by atoms with E-state index in [9.17, 15) is 9.59 Å². The molecule has 29 heavy (non-hydrogen) atoms. The van der Waals surface area contributed by atoms with Crippen LogP contribution in [-0.4, -0.2) is 38.4 Å². The minimum absolute atomic E-state index is 0.372. The van der Waals surface area contributed by atoms with Crippen molar-refractivity contribution >= 4 is 23.7 Å². The number of anilines is 1. The molecule has 0 bridgehead atoms. The molecule has 8 nitrogen and oxygen atoms in total. The molecule has 154 valence electrons. The van der Waals surface area contributed by atoms with Crippen LogP contribution in [0.2, 0.25) is 0 Å². The maximum absolute atomic E-state index is 12.0. The zero-order valence-corrected chi connectivity index (χ0v) is 16.7. The third kappa shape index (κ3) is 6.84. The first kappa shape index (κ1) is 21.7. The van der Waals surface area contributed by atoms with Crippen LogP contribution in [0.3, 0.4) is 0 Å². The summed E-state index contributed by atoms with van der Waals surface area (Å²) in [6, 6.07) is 12.3. The maximum Gasteiger partial charge on any atom is 0.249 e. The Bertz CT molecular complexity index is 867. The molecule has 0 spiro atoms. The molecule has 2 amide bonds. The number of amides is 2. The molecule has 0 radical (unpaired) electrons. The van der Waals surface area contributed by atoms with Crippen LogP contribution in [0.25, 0.3) is 0 Å². The number of hydrazone groups is 1. The lowest BCUT2D eigenvalue weighted by Crippen LogP contribution is -2.24. The minimum atomic E-state index is -0.537. The van der Waals surface area contributed by atoms with Gasteiger partial charge in [-0.05, 0) is 49.7 Å². The Kier molecular flexibility index (Phi) is 8.50. The quantitative estimate of drug-likeness (QED) is 0.364. The van der Waals surface area contributed by atoms with Gasteiger partial charge in [-0.1, -0.05) is 12.1 Å². The van der Waals surface area contributed by atoms with Crippen LogP contribution < -0.4 is 25.0 Å². The van der Waals surface area contributed by atoms with Gasteiger partial charge in [0.1, 0.15) is 12.2 Å². The van der Waals surface area contributed by atoms with Gasteiger partial charge in [0.15, 0.2) is 11.5 Å². The van der Waals surface area contributed by atoms with Gasteiger partial charge in [0.05, 0.1) is 32.2 Å². The number of benzene rings is 2. The molecule has 0 saturated heterocycles. The van der Waals surface area contributed by atoms with Gasteiger partial charge in [-0.2, -0.15) is 5.10 Å². The average molecular weight is 399 g/mol. The zero-order chi connectivity index (χ0) is 21.1. The number of hydrogen-bond donors (Lipinski definition) is 2. The van der Waals surface area contributed by atoms with E-state index in [1.54, 1.807) is 42.5 Å². The lowest BCUT2D eigenvalue weighted by atomic mass is 10.2. The summed E-state index contributed by atoms with van der Waals surface area (Å²) in [6.45, 7) is 4.80. The third-order valence-electron chi connectivity index (χ3n) is 3.67. The highest BCUT2D eigenvalue weighted by Crippen LogP contribution is 2.28. The second-order valence-corrected chi connectivity index (χ2v) is 5.79. The largest absolute Gasteiger partial charge is 0.495 e. The normalized spacial score (nSPS) is 10.4. The predicted molar refractivity (Wildman–Crippen MR) is 111 cm³/mol. The summed E-state index contributed by atoms with van der Waals surface area (Å²) in [5.74, 6) is 0.746. The van der Waals surface area contributed by atoms with Crippen LogP contribution >= 0.6 is 0 Å². The lowest BCUT2D eigenvalue weighted by Gasteiger charge is -2.11. The lowest BCUT2D eigenvalue weighted by molar-refractivity contribution is -0.126. The molecule has 0 heterocycles. The highest BCUT2D eigenvalue weighted by molar-refractivity contribution is 6.04. The monoisotopic (exact) mass is 399 g/mol. The van der Waals surface area contributed by atoms with Crippen molar-refractivity contribution in [3.63, 3.8) is 0 Å². The molecule has 0 fully saturated rings. The van der Waals surface area contributed by atoms with Gasteiger partial charge in [0.25, 0.3) is 0 Å². The van der Waals surface area contributed by atoms with Crippen LogP contribution in [0, 0.1) is 0 Å². The van der Waals surface area contributed by atoms with Crippen LogP contribution in [-0.2, 0) is 9.59 Å². The fourth-order valence-corrected chi connectivity index (χ4v) is 2.45. The zero-order valence-electron chi connectivity index (χ0n) is 16.7. The number of ether oxygens (including phenoxy) is 3. The Morgan fingerprint density at radius 1 is 0.966 bits per heavy atom. The van der Waals surface area contributed by atoms with Crippen molar-refractivity contribution in [2.24, 2.45) is 5.10 Å². The van der Waals surface area contributed by atoms with Crippen molar-refractivity contribution in [1.82, 2.24) is 5.43 Å². The smallest absolute Gasteiger partial charge is 0.249 e. The summed E-state index contributed by atoms with van der Waals surface area (Å²) >= 11 is 0. The summed E-state index contributed by atoms with van der Waals surface area (Å²) in [6.07, 6.45) is 1.09. The van der Waals surface area contributed by atoms with Gasteiger partial charge >= 0.3 is 0 Å². The molecule has 0 aliphatic carbocycles. The molecule has 0 atom stereocenters. The molecular weight excluding hydrogens is 374 g/mol. The molecule has 2 aromatic rings. The molecular formula is C21H25N3O5. The summed E-state index contributed by atoms with van der Waals surface area (Å²) in [5, 5.41) is 6.52. The maximum atomic E-state index is 12.0. The molecule has 2 rings (SSSR count). The number of nitrogens with zero attached hydrogens (tertiary/aromatic N) is 1. The van der Waals surface area contributed by atoms with Crippen molar-refractivity contribution in [2.45, 2.75) is 20.3 Å². The second-order valence-electron chi connectivity index (χ2n) is 5.79. The van der Waals surface area contributed by atoms with Gasteiger partial charge < -0.3 is 19.5 Å². The van der Waals surface area contributed by atoms with E-state index >= 15 is 0 Å². The second kappa shape index (κ2) is 11.3. The van der Waals surface area contributed by atoms with Crippen molar-refractivity contribution < 1.29 is 23.8 Å². The summed E-state index contributed by atoms with van der Waals surface area (Å²) in [7, 11) is 1.50. The summed E-state index contributed by atoms with van der Waals surface area (Å²) in [4.78, 5) is 24.0. The molecule has 2 N–H and O–H groups in total. The summed E-state index contributed by atoms with van der Waals surface area (Å²) in [5.41, 5.74) is 3.55. The third-order valence-corrected chi connectivity index (χ3v) is 3.67. The Hall–Kier alpha value is -3.55. The fraction of sp³-hybridized carbons (Fsp3) is 0.286. The van der Waals surface area contributed by atoms with Gasteiger partial charge in [-0.25, -0.2) is 5.43 Å². The SMILES string of the molecule is CCOc1ccc(C=NNC(=O)CC(=O)Nc2ccccc2OC)cc1OCC. The number of carbonyl (C=O) groups is 2. The highest BCUT2D eigenvalue weighted by atomic mass is 16.5. The predicted octanol–water partition coefficient (Wildman–Crippen LogP) is 2.97. The van der Waals surface area contributed by atoms with E-state index in [1.807, 2.05) is 13.8 Å². The number of carbonyl (C=O) groups excluding carboxylic acids is 2. The Morgan fingerprint density at radius 3 is 2.41 bits per heavy atom. The number of hydrogen-bond acceptors (Lipinski definition) is 6. The molecule has 8 heteroatoms. The van der Waals surface area contributed by atoms with Crippen LogP contribution in [0.4, 0.5) is 5.69 Å². The average Bonchev–Trinajstić information content (AvgIpc) is 2.70. The minimum Gasteiger partial charge on any atom is -0.495 e. The molecule has 0 unspecified atom stereocenters. The van der Waals surface area contributed by atoms with E-state index in [0.717, 1.165) is 5.56 Å². The van der Waals surface area contributed by atoms with Gasteiger partial charge in [-0.15, -0.1) is 0 Å². The van der Waals surface area contributed by atoms with Gasteiger partial charge in [-0.3, -0.25) is 9.59 Å². The van der Waals surface area contributed by atoms with Gasteiger partial charge in [0, 0.05) is 0 Å². The number of nitrogens with one attached hydrogen (secondary N) is 2. The number of rotatable bonds is 10. The van der Waals surface area contributed by atoms with Crippen LogP contribution in [0.15, 0.2) is 47.6 Å². The number of para-hydroxylation sites is 2. The van der Waals surface area contributed by atoms with Crippen molar-refractivity contribution in [3.8, 4) is 17.2 Å². The molecule has 0 aliphatic heterocycles. The van der Waals surface area contributed by atoms with Crippen molar-refractivity contribution in [3.05, 3.63) is 48.0 Å². The van der Waals surface area contributed by atoms with E-state index in [2.05, 4.69) is 15.8 Å². The van der Waals surface area contributed by atoms with Crippen molar-refractivity contribution in [1.29, 1.82) is 0 Å². The molecule has 0 aliphatic rings. The topological polar surface area (TPSA) is 98.2 Å². The molecule has 0 aromatic heterocycles. The summed E-state index contributed by atoms with van der Waals surface area (Å²) < 4.78 is 16.2. The highest BCUT2D eigenvalue weighted by Gasteiger charge is 2.11. The van der Waals surface area contributed by atoms with Gasteiger partial charge in [0.2, 0.25) is 11.8 Å². The van der Waals surface area contributed by atoms with E-state index in [4.69, 9.17) is 14.2 Å². The molecule has 0 saturated carbocycles. The fourth-order valence-electron chi connectivity index (χ4n) is 2.45. The van der Waals surface area contributed by atoms with Crippen LogP contribution in [0.1, 0.15) is 25.8 Å². The first-order valence-corrected chi connectivity index (χ1v) is 9.21. The first-order chi connectivity index (χ1) is 14.1. The standard InChI is InChI=1S/C21H25N3O5/c1-4-28-18-11-10-15(12-19(18)29-5-2)14-22-24-21(26)13-20(25)23-16-8-6-7-9-17(16)27-3/h6-12,14H,4-5,13H2,1-3H3,(H,23,25)(H,24,26). The Balaban J connectivity index is 1.90. The van der Waals surface area contributed by atoms with E-state index < -0.39 is 11.8 Å². The van der Waals surface area contributed by atoms with E-state index in [1.165, 1.54) is 13.3 Å². The van der Waals surface area contributed by atoms with Crippen molar-refractivity contribution in [2.75, 3.05) is 25.6 Å².